The minimum atomic E-state index is 0.366. The molecule has 0 aromatic carbocycles. The summed E-state index contributed by atoms with van der Waals surface area (Å²) in [4.78, 5) is 0. The summed E-state index contributed by atoms with van der Waals surface area (Å²) in [5.74, 6) is 0.822. The van der Waals surface area contributed by atoms with Gasteiger partial charge in [-0.1, -0.05) is 0 Å². The quantitative estimate of drug-likeness (QED) is 0.792. The number of hydrogen-bond acceptors (Lipinski definition) is 3. The van der Waals surface area contributed by atoms with E-state index in [0.717, 1.165) is 12.2 Å². The number of ether oxygens (including phenoxy) is 1. The largest absolute Gasteiger partial charge is 0.490 e. The molecule has 0 unspecified atom stereocenters. The van der Waals surface area contributed by atoms with Gasteiger partial charge in [0.2, 0.25) is 0 Å². The van der Waals surface area contributed by atoms with Crippen LogP contribution in [0, 0.1) is 0 Å². The lowest BCUT2D eigenvalue weighted by Crippen LogP contribution is -2.01. The Morgan fingerprint density at radius 2 is 2.06 bits per heavy atom. The van der Waals surface area contributed by atoms with Gasteiger partial charge < -0.3 is 4.74 Å². The third-order valence-electron chi connectivity index (χ3n) is 2.52. The van der Waals surface area contributed by atoms with Gasteiger partial charge in [-0.15, -0.1) is 0 Å². The zero-order valence-electron chi connectivity index (χ0n) is 10.5. The molecule has 0 saturated carbocycles. The first-order valence-electron chi connectivity index (χ1n) is 5.79. The molecule has 0 aliphatic heterocycles. The van der Waals surface area contributed by atoms with Gasteiger partial charge >= 0.3 is 0 Å². The van der Waals surface area contributed by atoms with E-state index in [4.69, 9.17) is 4.74 Å². The average Bonchev–Trinajstić information content (AvgIpc) is 2.88. The minimum Gasteiger partial charge on any atom is -0.490 e. The SMILES string of the molecule is CC(C)n1cc(OCCc2cnn(C)c2)cn1. The van der Waals surface area contributed by atoms with Crippen LogP contribution in [0.25, 0.3) is 0 Å². The lowest BCUT2D eigenvalue weighted by atomic mass is 10.3. The first-order chi connectivity index (χ1) is 8.15. The second-order valence-corrected chi connectivity index (χ2v) is 4.37. The third kappa shape index (κ3) is 3.09. The molecule has 0 bridgehead atoms. The van der Waals surface area contributed by atoms with Gasteiger partial charge in [0, 0.05) is 25.7 Å². The molecule has 0 spiro atoms. The van der Waals surface area contributed by atoms with E-state index in [2.05, 4.69) is 24.0 Å². The van der Waals surface area contributed by atoms with Gasteiger partial charge in [0.15, 0.2) is 5.75 Å². The zero-order valence-corrected chi connectivity index (χ0v) is 10.5. The molecule has 2 aromatic rings. The second-order valence-electron chi connectivity index (χ2n) is 4.37. The van der Waals surface area contributed by atoms with Crippen molar-refractivity contribution in [3.05, 3.63) is 30.4 Å². The maximum Gasteiger partial charge on any atom is 0.157 e. The van der Waals surface area contributed by atoms with Crippen LogP contribution in [-0.4, -0.2) is 26.2 Å². The predicted molar refractivity (Wildman–Crippen MR) is 65.0 cm³/mol. The van der Waals surface area contributed by atoms with Crippen LogP contribution in [0.2, 0.25) is 0 Å². The van der Waals surface area contributed by atoms with Gasteiger partial charge in [0.05, 0.1) is 25.2 Å². The summed E-state index contributed by atoms with van der Waals surface area (Å²) < 4.78 is 9.32. The molecular weight excluding hydrogens is 216 g/mol. The molecule has 2 aromatic heterocycles. The van der Waals surface area contributed by atoms with Crippen LogP contribution >= 0.6 is 0 Å². The van der Waals surface area contributed by atoms with Crippen molar-refractivity contribution in [2.45, 2.75) is 26.3 Å². The molecule has 2 heterocycles. The van der Waals surface area contributed by atoms with Gasteiger partial charge in [-0.25, -0.2) is 0 Å². The van der Waals surface area contributed by atoms with Crippen molar-refractivity contribution in [2.75, 3.05) is 6.61 Å². The van der Waals surface area contributed by atoms with Crippen LogP contribution < -0.4 is 4.74 Å². The Hall–Kier alpha value is -1.78. The summed E-state index contributed by atoms with van der Waals surface area (Å²) in [7, 11) is 1.91. The topological polar surface area (TPSA) is 44.9 Å². The van der Waals surface area contributed by atoms with Gasteiger partial charge in [0.25, 0.3) is 0 Å². The van der Waals surface area contributed by atoms with Crippen molar-refractivity contribution in [3.63, 3.8) is 0 Å². The summed E-state index contributed by atoms with van der Waals surface area (Å²) in [5, 5.41) is 8.33. The lowest BCUT2D eigenvalue weighted by molar-refractivity contribution is 0.321. The summed E-state index contributed by atoms with van der Waals surface area (Å²) in [6, 6.07) is 0.366. The van der Waals surface area contributed by atoms with Crippen LogP contribution in [0.3, 0.4) is 0 Å². The van der Waals surface area contributed by atoms with Crippen LogP contribution in [0.15, 0.2) is 24.8 Å². The molecule has 5 heteroatoms. The molecule has 0 amide bonds. The third-order valence-corrected chi connectivity index (χ3v) is 2.52. The van der Waals surface area contributed by atoms with Gasteiger partial charge in [-0.05, 0) is 19.4 Å². The van der Waals surface area contributed by atoms with E-state index in [-0.39, 0.29) is 0 Å². The summed E-state index contributed by atoms with van der Waals surface area (Å²) in [6.07, 6.45) is 8.40. The molecule has 0 N–H and O–H groups in total. The van der Waals surface area contributed by atoms with Crippen LogP contribution in [-0.2, 0) is 13.5 Å². The Labute approximate surface area is 101 Å². The van der Waals surface area contributed by atoms with Crippen molar-refractivity contribution in [1.82, 2.24) is 19.6 Å². The van der Waals surface area contributed by atoms with E-state index < -0.39 is 0 Å². The summed E-state index contributed by atoms with van der Waals surface area (Å²) in [6.45, 7) is 4.83. The van der Waals surface area contributed by atoms with Gasteiger partial charge in [0.1, 0.15) is 0 Å². The molecule has 0 atom stereocenters. The normalized spacial score (nSPS) is 11.1. The van der Waals surface area contributed by atoms with Crippen molar-refractivity contribution < 1.29 is 4.74 Å². The van der Waals surface area contributed by atoms with Crippen molar-refractivity contribution >= 4 is 0 Å². The van der Waals surface area contributed by atoms with Crippen molar-refractivity contribution in [1.29, 1.82) is 0 Å². The molecule has 0 saturated heterocycles. The predicted octanol–water partition coefficient (Wildman–Crippen LogP) is 1.82. The average molecular weight is 234 g/mol. The highest BCUT2D eigenvalue weighted by molar-refractivity contribution is 5.12. The monoisotopic (exact) mass is 234 g/mol. The van der Waals surface area contributed by atoms with E-state index in [1.807, 2.05) is 30.3 Å². The number of rotatable bonds is 5. The van der Waals surface area contributed by atoms with E-state index >= 15 is 0 Å². The molecule has 17 heavy (non-hydrogen) atoms. The maximum atomic E-state index is 5.63. The van der Waals surface area contributed by atoms with Crippen LogP contribution in [0.1, 0.15) is 25.5 Å². The van der Waals surface area contributed by atoms with E-state index in [9.17, 15) is 0 Å². The van der Waals surface area contributed by atoms with Gasteiger partial charge in [-0.3, -0.25) is 9.36 Å². The van der Waals surface area contributed by atoms with Crippen molar-refractivity contribution in [3.8, 4) is 5.75 Å². The fourth-order valence-electron chi connectivity index (χ4n) is 1.57. The Bertz CT molecular complexity index is 472. The summed E-state index contributed by atoms with van der Waals surface area (Å²) >= 11 is 0. The first-order valence-corrected chi connectivity index (χ1v) is 5.79. The number of hydrogen-bond donors (Lipinski definition) is 0. The van der Waals surface area contributed by atoms with E-state index in [1.165, 1.54) is 5.56 Å². The van der Waals surface area contributed by atoms with E-state index in [1.54, 1.807) is 10.9 Å². The molecule has 92 valence electrons. The fourth-order valence-corrected chi connectivity index (χ4v) is 1.57. The first kappa shape index (κ1) is 11.7. The fraction of sp³-hybridized carbons (Fsp3) is 0.500. The van der Waals surface area contributed by atoms with Gasteiger partial charge in [-0.2, -0.15) is 10.2 Å². The molecule has 2 rings (SSSR count). The van der Waals surface area contributed by atoms with Crippen LogP contribution in [0.5, 0.6) is 5.75 Å². The minimum absolute atomic E-state index is 0.366. The standard InChI is InChI=1S/C12H18N4O/c1-10(2)16-9-12(7-14-16)17-5-4-11-6-13-15(3)8-11/h6-10H,4-5H2,1-3H3. The van der Waals surface area contributed by atoms with Crippen molar-refractivity contribution in [2.24, 2.45) is 7.05 Å². The Balaban J connectivity index is 1.81. The molecule has 0 aliphatic carbocycles. The Kier molecular flexibility index (Phi) is 3.46. The maximum absolute atomic E-state index is 5.63. The number of nitrogens with zero attached hydrogens (tertiary/aromatic N) is 4. The highest BCUT2D eigenvalue weighted by Crippen LogP contribution is 2.12. The highest BCUT2D eigenvalue weighted by atomic mass is 16.5. The number of aryl methyl sites for hydroxylation is 1. The lowest BCUT2D eigenvalue weighted by Gasteiger charge is -2.03. The molecule has 0 radical (unpaired) electrons. The molecule has 5 nitrogen and oxygen atoms in total. The Morgan fingerprint density at radius 1 is 1.24 bits per heavy atom. The van der Waals surface area contributed by atoms with E-state index in [0.29, 0.717) is 12.6 Å². The van der Waals surface area contributed by atoms with Crippen LogP contribution in [0.4, 0.5) is 0 Å². The second kappa shape index (κ2) is 5.03. The molecule has 0 fully saturated rings. The summed E-state index contributed by atoms with van der Waals surface area (Å²) in [5.41, 5.74) is 1.18. The Morgan fingerprint density at radius 3 is 2.65 bits per heavy atom. The smallest absolute Gasteiger partial charge is 0.157 e. The zero-order chi connectivity index (χ0) is 12.3. The number of aromatic nitrogens is 4. The molecular formula is C12H18N4O. The highest BCUT2D eigenvalue weighted by Gasteiger charge is 2.03. The molecule has 0 aliphatic rings.